The first-order valence-electron chi connectivity index (χ1n) is 7.09. The molecule has 0 bridgehead atoms. The zero-order chi connectivity index (χ0) is 17.8. The summed E-state index contributed by atoms with van der Waals surface area (Å²) in [5.74, 6) is -2.01. The van der Waals surface area contributed by atoms with Gasteiger partial charge in [-0.15, -0.1) is 0 Å². The number of nitrogens with one attached hydrogen (secondary N) is 1. The third kappa shape index (κ3) is 5.33. The van der Waals surface area contributed by atoms with Crippen LogP contribution in [0.15, 0.2) is 23.1 Å². The molecule has 0 unspecified atom stereocenters. The van der Waals surface area contributed by atoms with Gasteiger partial charge >= 0.3 is 5.97 Å². The Labute approximate surface area is 136 Å². The molecule has 0 radical (unpaired) electrons. The van der Waals surface area contributed by atoms with Gasteiger partial charge in [-0.3, -0.25) is 9.59 Å². The number of hydrogen-bond donors (Lipinski definition) is 2. The average molecular weight is 342 g/mol. The molecule has 1 aromatic rings. The lowest BCUT2D eigenvalue weighted by Gasteiger charge is -2.20. The number of hydrogen-bond acceptors (Lipinski definition) is 5. The zero-order valence-corrected chi connectivity index (χ0v) is 14.4. The summed E-state index contributed by atoms with van der Waals surface area (Å²) in [5, 5.41) is 0. The summed E-state index contributed by atoms with van der Waals surface area (Å²) in [6.07, 6.45) is 0. The Morgan fingerprint density at radius 1 is 1.22 bits per heavy atom. The standard InChI is InChI=1S/C15H22N2O5S/c1-9(2)14(15(19)22-8-13(16)18)17-23(20,21)12-6-5-10(3)11(4)7-12/h5-7,9,14,17H,8H2,1-4H3,(H2,16,18)/t14-/m1/s1. The van der Waals surface area contributed by atoms with Crippen molar-refractivity contribution >= 4 is 21.9 Å². The Kier molecular flexibility index (Phi) is 6.28. The van der Waals surface area contributed by atoms with E-state index in [9.17, 15) is 18.0 Å². The molecule has 0 heterocycles. The van der Waals surface area contributed by atoms with Crippen molar-refractivity contribution in [1.29, 1.82) is 0 Å². The van der Waals surface area contributed by atoms with Crippen LogP contribution in [0, 0.1) is 19.8 Å². The highest BCUT2D eigenvalue weighted by atomic mass is 32.2. The monoisotopic (exact) mass is 342 g/mol. The van der Waals surface area contributed by atoms with Crippen LogP contribution in [-0.2, 0) is 24.3 Å². The van der Waals surface area contributed by atoms with Gasteiger partial charge in [-0.2, -0.15) is 4.72 Å². The van der Waals surface area contributed by atoms with Crippen LogP contribution in [0.2, 0.25) is 0 Å². The maximum absolute atomic E-state index is 12.4. The van der Waals surface area contributed by atoms with Gasteiger partial charge in [0, 0.05) is 0 Å². The molecular formula is C15H22N2O5S. The molecule has 0 aromatic heterocycles. The molecule has 7 nitrogen and oxygen atoms in total. The third-order valence-electron chi connectivity index (χ3n) is 3.35. The Morgan fingerprint density at radius 3 is 2.30 bits per heavy atom. The molecule has 1 atom stereocenters. The van der Waals surface area contributed by atoms with Gasteiger partial charge < -0.3 is 10.5 Å². The largest absolute Gasteiger partial charge is 0.454 e. The quantitative estimate of drug-likeness (QED) is 0.705. The van der Waals surface area contributed by atoms with Crippen molar-refractivity contribution in [2.45, 2.75) is 38.6 Å². The number of benzene rings is 1. The van der Waals surface area contributed by atoms with E-state index in [0.29, 0.717) is 0 Å². The van der Waals surface area contributed by atoms with Crippen LogP contribution in [0.25, 0.3) is 0 Å². The number of carbonyl (C=O) groups excluding carboxylic acids is 2. The van der Waals surface area contributed by atoms with Gasteiger partial charge in [0.1, 0.15) is 6.04 Å². The summed E-state index contributed by atoms with van der Waals surface area (Å²) >= 11 is 0. The molecule has 1 aromatic carbocycles. The van der Waals surface area contributed by atoms with Crippen LogP contribution < -0.4 is 10.5 Å². The molecule has 23 heavy (non-hydrogen) atoms. The van der Waals surface area contributed by atoms with Crippen molar-refractivity contribution in [3.63, 3.8) is 0 Å². The van der Waals surface area contributed by atoms with Crippen molar-refractivity contribution in [3.05, 3.63) is 29.3 Å². The Balaban J connectivity index is 3.00. The highest BCUT2D eigenvalue weighted by Crippen LogP contribution is 2.16. The van der Waals surface area contributed by atoms with Crippen LogP contribution in [0.3, 0.4) is 0 Å². The summed E-state index contributed by atoms with van der Waals surface area (Å²) in [7, 11) is -3.89. The molecule has 128 valence electrons. The van der Waals surface area contributed by atoms with E-state index in [1.165, 1.54) is 12.1 Å². The fraction of sp³-hybridized carbons (Fsp3) is 0.467. The minimum atomic E-state index is -3.89. The van der Waals surface area contributed by atoms with Crippen molar-refractivity contribution in [1.82, 2.24) is 4.72 Å². The summed E-state index contributed by atoms with van der Waals surface area (Å²) < 4.78 is 31.9. The first-order valence-corrected chi connectivity index (χ1v) is 8.57. The molecule has 3 N–H and O–H groups in total. The number of nitrogens with two attached hydrogens (primary N) is 1. The number of ether oxygens (including phenoxy) is 1. The second kappa shape index (κ2) is 7.56. The lowest BCUT2D eigenvalue weighted by molar-refractivity contribution is -0.150. The molecule has 0 aliphatic rings. The first-order chi connectivity index (χ1) is 10.5. The summed E-state index contributed by atoms with van der Waals surface area (Å²) in [6.45, 7) is 6.41. The lowest BCUT2D eigenvalue weighted by atomic mass is 10.1. The molecule has 0 saturated carbocycles. The van der Waals surface area contributed by atoms with E-state index in [-0.39, 0.29) is 10.8 Å². The van der Waals surface area contributed by atoms with Crippen molar-refractivity contribution in [3.8, 4) is 0 Å². The molecule has 0 aliphatic carbocycles. The summed E-state index contributed by atoms with van der Waals surface area (Å²) in [6, 6.07) is 3.58. The van der Waals surface area contributed by atoms with E-state index in [2.05, 4.69) is 4.72 Å². The molecule has 0 fully saturated rings. The first kappa shape index (κ1) is 19.1. The SMILES string of the molecule is Cc1ccc(S(=O)(=O)N[C@@H](C(=O)OCC(N)=O)C(C)C)cc1C. The molecule has 0 saturated heterocycles. The Hall–Kier alpha value is -1.93. The molecule has 0 aliphatic heterocycles. The minimum absolute atomic E-state index is 0.0638. The number of rotatable bonds is 7. The number of amides is 1. The smallest absolute Gasteiger partial charge is 0.324 e. The number of carbonyl (C=O) groups is 2. The normalized spacial score (nSPS) is 12.9. The summed E-state index contributed by atoms with van der Waals surface area (Å²) in [5.41, 5.74) is 6.70. The number of esters is 1. The van der Waals surface area contributed by atoms with E-state index in [4.69, 9.17) is 10.5 Å². The van der Waals surface area contributed by atoms with E-state index in [0.717, 1.165) is 11.1 Å². The van der Waals surface area contributed by atoms with E-state index < -0.39 is 34.5 Å². The maximum atomic E-state index is 12.4. The van der Waals surface area contributed by atoms with Crippen molar-refractivity contribution < 1.29 is 22.7 Å². The van der Waals surface area contributed by atoms with E-state index >= 15 is 0 Å². The van der Waals surface area contributed by atoms with Crippen molar-refractivity contribution in [2.75, 3.05) is 6.61 Å². The Morgan fingerprint density at radius 2 is 1.83 bits per heavy atom. The van der Waals surface area contributed by atoms with Crippen LogP contribution >= 0.6 is 0 Å². The number of aryl methyl sites for hydroxylation is 2. The molecule has 0 spiro atoms. The lowest BCUT2D eigenvalue weighted by Crippen LogP contribution is -2.45. The van der Waals surface area contributed by atoms with Gasteiger partial charge in [-0.05, 0) is 43.0 Å². The molecule has 1 amide bonds. The third-order valence-corrected chi connectivity index (χ3v) is 4.79. The molecular weight excluding hydrogens is 320 g/mol. The van der Waals surface area contributed by atoms with Crippen LogP contribution in [-0.4, -0.2) is 32.9 Å². The van der Waals surface area contributed by atoms with Gasteiger partial charge in [0.15, 0.2) is 6.61 Å². The van der Waals surface area contributed by atoms with Crippen molar-refractivity contribution in [2.24, 2.45) is 11.7 Å². The Bertz CT molecular complexity index is 698. The van der Waals surface area contributed by atoms with Gasteiger partial charge in [0.05, 0.1) is 4.90 Å². The predicted octanol–water partition coefficient (Wildman–Crippen LogP) is 0.635. The number of primary amides is 1. The van der Waals surface area contributed by atoms with Crippen LogP contribution in [0.1, 0.15) is 25.0 Å². The highest BCUT2D eigenvalue weighted by Gasteiger charge is 2.30. The minimum Gasteiger partial charge on any atom is -0.454 e. The second-order valence-corrected chi connectivity index (χ2v) is 7.38. The summed E-state index contributed by atoms with van der Waals surface area (Å²) in [4.78, 5) is 22.7. The van der Waals surface area contributed by atoms with Crippen LogP contribution in [0.5, 0.6) is 0 Å². The fourth-order valence-corrected chi connectivity index (χ4v) is 3.22. The molecule has 8 heteroatoms. The van der Waals surface area contributed by atoms with Gasteiger partial charge in [0.25, 0.3) is 5.91 Å². The topological polar surface area (TPSA) is 116 Å². The maximum Gasteiger partial charge on any atom is 0.324 e. The number of sulfonamides is 1. The van der Waals surface area contributed by atoms with Gasteiger partial charge in [-0.1, -0.05) is 19.9 Å². The fourth-order valence-electron chi connectivity index (χ4n) is 1.80. The van der Waals surface area contributed by atoms with Gasteiger partial charge in [-0.25, -0.2) is 8.42 Å². The van der Waals surface area contributed by atoms with E-state index in [1.807, 2.05) is 6.92 Å². The van der Waals surface area contributed by atoms with E-state index in [1.54, 1.807) is 26.8 Å². The zero-order valence-electron chi connectivity index (χ0n) is 13.6. The second-order valence-electron chi connectivity index (χ2n) is 5.66. The predicted molar refractivity (Wildman–Crippen MR) is 85.0 cm³/mol. The average Bonchev–Trinajstić information content (AvgIpc) is 2.44. The van der Waals surface area contributed by atoms with Gasteiger partial charge in [0.2, 0.25) is 10.0 Å². The van der Waals surface area contributed by atoms with Crippen LogP contribution in [0.4, 0.5) is 0 Å². The molecule has 1 rings (SSSR count). The highest BCUT2D eigenvalue weighted by molar-refractivity contribution is 7.89.